The number of amides is 1. The third-order valence-corrected chi connectivity index (χ3v) is 7.68. The SMILES string of the molecule is O=C(Nc1nc(-c2cc(F)ccc2F)cs1)C1CCN(S(=O)(=O)c2cccnc2)CC1. The molecule has 1 aliphatic rings. The molecule has 11 heteroatoms. The molecule has 1 N–H and O–H groups in total. The molecule has 1 aromatic carbocycles. The number of carbonyl (C=O) groups excluding carboxylic acids is 1. The number of piperidine rings is 1. The highest BCUT2D eigenvalue weighted by atomic mass is 32.2. The Balaban J connectivity index is 1.38. The number of sulfonamides is 1. The van der Waals surface area contributed by atoms with E-state index in [4.69, 9.17) is 0 Å². The molecule has 0 spiro atoms. The molecule has 31 heavy (non-hydrogen) atoms. The van der Waals surface area contributed by atoms with E-state index in [2.05, 4.69) is 15.3 Å². The first-order chi connectivity index (χ1) is 14.8. The highest BCUT2D eigenvalue weighted by Crippen LogP contribution is 2.29. The van der Waals surface area contributed by atoms with Gasteiger partial charge in [0.15, 0.2) is 5.13 Å². The summed E-state index contributed by atoms with van der Waals surface area (Å²) in [6.45, 7) is 0.430. The molecule has 3 aromatic rings. The van der Waals surface area contributed by atoms with Crippen LogP contribution in [0.25, 0.3) is 11.3 Å². The zero-order valence-electron chi connectivity index (χ0n) is 16.2. The van der Waals surface area contributed by atoms with Gasteiger partial charge in [0.2, 0.25) is 15.9 Å². The summed E-state index contributed by atoms with van der Waals surface area (Å²) in [6, 6.07) is 6.15. The van der Waals surface area contributed by atoms with E-state index in [0.29, 0.717) is 12.8 Å². The van der Waals surface area contributed by atoms with Crippen LogP contribution in [0.1, 0.15) is 12.8 Å². The van der Waals surface area contributed by atoms with Gasteiger partial charge in [-0.1, -0.05) is 0 Å². The number of hydrogen-bond acceptors (Lipinski definition) is 6. The Kier molecular flexibility index (Phi) is 6.08. The van der Waals surface area contributed by atoms with Crippen molar-refractivity contribution in [3.8, 4) is 11.3 Å². The van der Waals surface area contributed by atoms with Crippen LogP contribution in [0.3, 0.4) is 0 Å². The molecule has 0 unspecified atom stereocenters. The average Bonchev–Trinajstić information content (AvgIpc) is 3.24. The number of thiazole rings is 1. The molecule has 0 bridgehead atoms. The van der Waals surface area contributed by atoms with Crippen LogP contribution in [0.15, 0.2) is 53.0 Å². The number of hydrogen-bond donors (Lipinski definition) is 1. The largest absolute Gasteiger partial charge is 0.302 e. The van der Waals surface area contributed by atoms with Crippen molar-refractivity contribution < 1.29 is 22.0 Å². The lowest BCUT2D eigenvalue weighted by Crippen LogP contribution is -2.41. The van der Waals surface area contributed by atoms with Crippen molar-refractivity contribution in [1.29, 1.82) is 0 Å². The topological polar surface area (TPSA) is 92.3 Å². The van der Waals surface area contributed by atoms with Gasteiger partial charge < -0.3 is 5.32 Å². The van der Waals surface area contributed by atoms with E-state index in [0.717, 1.165) is 29.5 Å². The van der Waals surface area contributed by atoms with Crippen LogP contribution in [0.4, 0.5) is 13.9 Å². The number of rotatable bonds is 5. The molecule has 162 valence electrons. The first kappa shape index (κ1) is 21.5. The molecule has 0 saturated carbocycles. The van der Waals surface area contributed by atoms with E-state index in [9.17, 15) is 22.0 Å². The fourth-order valence-corrected chi connectivity index (χ4v) is 5.51. The number of carbonyl (C=O) groups is 1. The van der Waals surface area contributed by atoms with Crippen LogP contribution < -0.4 is 5.32 Å². The second kappa shape index (κ2) is 8.77. The molecule has 1 fully saturated rings. The van der Waals surface area contributed by atoms with Crippen LogP contribution >= 0.6 is 11.3 Å². The maximum absolute atomic E-state index is 13.9. The molecule has 2 aromatic heterocycles. The van der Waals surface area contributed by atoms with Gasteiger partial charge in [-0.25, -0.2) is 22.2 Å². The number of aromatic nitrogens is 2. The standard InChI is InChI=1S/C20H18F2N4O3S2/c21-14-3-4-17(22)16(10-14)18-12-30-20(24-18)25-19(27)13-5-8-26(9-6-13)31(28,29)15-2-1-7-23-11-15/h1-4,7,10-13H,5-6,8-9H2,(H,24,25,27). The van der Waals surface area contributed by atoms with Gasteiger partial charge in [0.25, 0.3) is 0 Å². The molecule has 0 aliphatic carbocycles. The molecule has 1 saturated heterocycles. The molecule has 1 amide bonds. The summed E-state index contributed by atoms with van der Waals surface area (Å²) in [7, 11) is -3.64. The highest BCUT2D eigenvalue weighted by molar-refractivity contribution is 7.89. The molecule has 4 rings (SSSR count). The van der Waals surface area contributed by atoms with Crippen molar-refractivity contribution in [2.24, 2.45) is 5.92 Å². The Morgan fingerprint density at radius 2 is 1.97 bits per heavy atom. The summed E-state index contributed by atoms with van der Waals surface area (Å²) in [5, 5.41) is 4.51. The van der Waals surface area contributed by atoms with Crippen LogP contribution in [0.5, 0.6) is 0 Å². The van der Waals surface area contributed by atoms with Crippen molar-refractivity contribution in [2.45, 2.75) is 17.7 Å². The predicted octanol–water partition coefficient (Wildman–Crippen LogP) is 3.52. The predicted molar refractivity (Wildman–Crippen MR) is 112 cm³/mol. The molecule has 0 atom stereocenters. The summed E-state index contributed by atoms with van der Waals surface area (Å²) in [5.41, 5.74) is 0.250. The minimum atomic E-state index is -3.64. The van der Waals surface area contributed by atoms with Crippen molar-refractivity contribution in [3.05, 3.63) is 59.7 Å². The van der Waals surface area contributed by atoms with Crippen LogP contribution in [0.2, 0.25) is 0 Å². The summed E-state index contributed by atoms with van der Waals surface area (Å²) < 4.78 is 54.0. The number of nitrogens with one attached hydrogen (secondary N) is 1. The molecular formula is C20H18F2N4O3S2. The average molecular weight is 465 g/mol. The third-order valence-electron chi connectivity index (χ3n) is 5.04. The van der Waals surface area contributed by atoms with Crippen molar-refractivity contribution in [3.63, 3.8) is 0 Å². The number of nitrogens with zero attached hydrogens (tertiary/aromatic N) is 3. The van der Waals surface area contributed by atoms with Crippen LogP contribution in [-0.2, 0) is 14.8 Å². The second-order valence-electron chi connectivity index (χ2n) is 7.02. The Bertz CT molecular complexity index is 1190. The van der Waals surface area contributed by atoms with Gasteiger partial charge in [-0.3, -0.25) is 9.78 Å². The molecule has 1 aliphatic heterocycles. The minimum absolute atomic E-state index is 0.0191. The van der Waals surface area contributed by atoms with E-state index < -0.39 is 21.7 Å². The Labute approximate surface area is 181 Å². The van der Waals surface area contributed by atoms with Gasteiger partial charge in [0.1, 0.15) is 16.5 Å². The van der Waals surface area contributed by atoms with Gasteiger partial charge >= 0.3 is 0 Å². The summed E-state index contributed by atoms with van der Waals surface area (Å²) in [6.07, 6.45) is 3.53. The van der Waals surface area contributed by atoms with E-state index in [1.54, 1.807) is 6.07 Å². The lowest BCUT2D eigenvalue weighted by Gasteiger charge is -2.30. The lowest BCUT2D eigenvalue weighted by atomic mass is 9.97. The van der Waals surface area contributed by atoms with Gasteiger partial charge in [-0.05, 0) is 43.2 Å². The molecule has 0 radical (unpaired) electrons. The van der Waals surface area contributed by atoms with Gasteiger partial charge in [0.05, 0.1) is 5.69 Å². The highest BCUT2D eigenvalue weighted by Gasteiger charge is 2.32. The van der Waals surface area contributed by atoms with Crippen molar-refractivity contribution in [1.82, 2.24) is 14.3 Å². The second-order valence-corrected chi connectivity index (χ2v) is 9.81. The fourth-order valence-electron chi connectivity index (χ4n) is 3.36. The zero-order chi connectivity index (χ0) is 22.0. The molecule has 3 heterocycles. The fraction of sp³-hybridized carbons (Fsp3) is 0.250. The molecular weight excluding hydrogens is 446 g/mol. The summed E-state index contributed by atoms with van der Waals surface area (Å²) >= 11 is 1.11. The third kappa shape index (κ3) is 4.63. The smallest absolute Gasteiger partial charge is 0.244 e. The van der Waals surface area contributed by atoms with E-state index in [1.165, 1.54) is 28.1 Å². The number of halogens is 2. The monoisotopic (exact) mass is 464 g/mol. The normalized spacial score (nSPS) is 15.7. The number of pyridine rings is 1. The number of benzene rings is 1. The van der Waals surface area contributed by atoms with Crippen molar-refractivity contribution >= 4 is 32.4 Å². The quantitative estimate of drug-likeness (QED) is 0.624. The minimum Gasteiger partial charge on any atom is -0.302 e. The van der Waals surface area contributed by atoms with E-state index in [1.807, 2.05) is 0 Å². The summed E-state index contributed by atoms with van der Waals surface area (Å²) in [5.74, 6) is -1.84. The maximum Gasteiger partial charge on any atom is 0.244 e. The van der Waals surface area contributed by atoms with Crippen LogP contribution in [-0.4, -0.2) is 41.7 Å². The summed E-state index contributed by atoms with van der Waals surface area (Å²) in [4.78, 5) is 20.8. The molecule has 7 nitrogen and oxygen atoms in total. The Morgan fingerprint density at radius 1 is 1.19 bits per heavy atom. The van der Waals surface area contributed by atoms with Gasteiger partial charge in [-0.2, -0.15) is 4.31 Å². The Morgan fingerprint density at radius 3 is 2.68 bits per heavy atom. The first-order valence-electron chi connectivity index (χ1n) is 9.46. The first-order valence-corrected chi connectivity index (χ1v) is 11.8. The maximum atomic E-state index is 13.9. The Hall–Kier alpha value is -2.76. The lowest BCUT2D eigenvalue weighted by molar-refractivity contribution is -0.120. The van der Waals surface area contributed by atoms with E-state index in [-0.39, 0.29) is 46.2 Å². The van der Waals surface area contributed by atoms with Gasteiger partial charge in [0, 0.05) is 42.3 Å². The number of anilines is 1. The zero-order valence-corrected chi connectivity index (χ0v) is 17.8. The van der Waals surface area contributed by atoms with E-state index >= 15 is 0 Å². The van der Waals surface area contributed by atoms with Crippen LogP contribution in [0, 0.1) is 17.6 Å². The van der Waals surface area contributed by atoms with Crippen molar-refractivity contribution in [2.75, 3.05) is 18.4 Å². The van der Waals surface area contributed by atoms with Gasteiger partial charge in [-0.15, -0.1) is 11.3 Å².